The van der Waals surface area contributed by atoms with Crippen LogP contribution in [0.4, 0.5) is 0 Å². The van der Waals surface area contributed by atoms with E-state index in [1.807, 2.05) is 26.0 Å². The highest BCUT2D eigenvalue weighted by atomic mass is 32.2. The van der Waals surface area contributed by atoms with E-state index < -0.39 is 17.1 Å². The van der Waals surface area contributed by atoms with Crippen molar-refractivity contribution in [2.24, 2.45) is 0 Å². The number of fused-ring (bicyclic) bond motifs is 1. The molecule has 0 aliphatic carbocycles. The van der Waals surface area contributed by atoms with Crippen molar-refractivity contribution in [2.45, 2.75) is 50.9 Å². The van der Waals surface area contributed by atoms with E-state index in [0.29, 0.717) is 33.2 Å². The van der Waals surface area contributed by atoms with Gasteiger partial charge in [-0.15, -0.1) is 0 Å². The second-order valence-electron chi connectivity index (χ2n) is 9.47. The molecule has 8 heteroatoms. The maximum atomic E-state index is 13.0. The minimum Gasteiger partial charge on any atom is -0.609 e. The number of hydrogen-bond donors (Lipinski definition) is 1. The number of aryl methyl sites for hydroxylation is 1. The third-order valence-corrected chi connectivity index (χ3v) is 7.02. The monoisotopic (exact) mass is 491 g/mol. The molecular formula is C27H29N3O4S. The number of imidazole rings is 1. The number of benzene rings is 2. The maximum Gasteiger partial charge on any atom is 0.343 e. The van der Waals surface area contributed by atoms with Gasteiger partial charge < -0.3 is 14.0 Å². The van der Waals surface area contributed by atoms with Crippen LogP contribution in [0.15, 0.2) is 53.8 Å². The van der Waals surface area contributed by atoms with Crippen LogP contribution in [-0.2, 0) is 22.3 Å². The zero-order valence-corrected chi connectivity index (χ0v) is 21.6. The molecule has 0 aliphatic heterocycles. The van der Waals surface area contributed by atoms with Crippen molar-refractivity contribution in [3.05, 3.63) is 76.6 Å². The van der Waals surface area contributed by atoms with Crippen molar-refractivity contribution in [1.29, 1.82) is 0 Å². The smallest absolute Gasteiger partial charge is 0.343 e. The SMILES string of the molecule is COc1c(C)cnc(C[S+]([O-])c2nc3cc(OC(=O)c4ccc(C(C)(C)C)cc4)ccc3[nH]2)c1C. The van der Waals surface area contributed by atoms with E-state index in [1.54, 1.807) is 43.6 Å². The largest absolute Gasteiger partial charge is 0.609 e. The number of nitrogens with one attached hydrogen (secondary N) is 1. The van der Waals surface area contributed by atoms with Crippen molar-refractivity contribution >= 4 is 28.2 Å². The molecule has 0 amide bonds. The predicted molar refractivity (Wildman–Crippen MR) is 137 cm³/mol. The highest BCUT2D eigenvalue weighted by molar-refractivity contribution is 7.90. The molecule has 35 heavy (non-hydrogen) atoms. The summed E-state index contributed by atoms with van der Waals surface area (Å²) < 4.78 is 24.0. The van der Waals surface area contributed by atoms with Gasteiger partial charge in [-0.25, -0.2) is 4.79 Å². The van der Waals surface area contributed by atoms with Gasteiger partial charge in [-0.05, 0) is 49.1 Å². The molecule has 0 aliphatic rings. The van der Waals surface area contributed by atoms with Gasteiger partial charge in [-0.3, -0.25) is 9.97 Å². The lowest BCUT2D eigenvalue weighted by Gasteiger charge is -2.18. The van der Waals surface area contributed by atoms with E-state index >= 15 is 0 Å². The normalized spacial score (nSPS) is 12.5. The number of H-pyrrole nitrogens is 1. The topological polar surface area (TPSA) is 100 Å². The van der Waals surface area contributed by atoms with E-state index in [9.17, 15) is 9.35 Å². The number of carbonyl (C=O) groups excluding carboxylic acids is 1. The first-order valence-electron chi connectivity index (χ1n) is 11.3. The molecule has 7 nitrogen and oxygen atoms in total. The summed E-state index contributed by atoms with van der Waals surface area (Å²) in [7, 11) is 1.61. The Morgan fingerprint density at radius 1 is 1.11 bits per heavy atom. The molecular weight excluding hydrogens is 462 g/mol. The molecule has 1 atom stereocenters. The summed E-state index contributed by atoms with van der Waals surface area (Å²) in [5.41, 5.74) is 5.36. The number of hydrogen-bond acceptors (Lipinski definition) is 6. The molecule has 0 radical (unpaired) electrons. The Hall–Kier alpha value is -3.36. The first-order valence-corrected chi connectivity index (χ1v) is 12.6. The van der Waals surface area contributed by atoms with Gasteiger partial charge in [0.2, 0.25) is 0 Å². The van der Waals surface area contributed by atoms with Crippen LogP contribution in [0.5, 0.6) is 11.5 Å². The van der Waals surface area contributed by atoms with Gasteiger partial charge in [0.15, 0.2) is 5.75 Å². The lowest BCUT2D eigenvalue weighted by atomic mass is 9.87. The highest BCUT2D eigenvalue weighted by Crippen LogP contribution is 2.28. The minimum absolute atomic E-state index is 0.00545. The van der Waals surface area contributed by atoms with Crippen LogP contribution in [0.2, 0.25) is 0 Å². The molecule has 4 rings (SSSR count). The highest BCUT2D eigenvalue weighted by Gasteiger charge is 2.22. The van der Waals surface area contributed by atoms with E-state index in [4.69, 9.17) is 9.47 Å². The van der Waals surface area contributed by atoms with Crippen LogP contribution in [0, 0.1) is 13.8 Å². The predicted octanol–water partition coefficient (Wildman–Crippen LogP) is 5.41. The number of esters is 1. The Kier molecular flexibility index (Phi) is 6.87. The third kappa shape index (κ3) is 5.33. The third-order valence-electron chi connectivity index (χ3n) is 5.86. The van der Waals surface area contributed by atoms with E-state index in [2.05, 4.69) is 35.7 Å². The quantitative estimate of drug-likeness (QED) is 0.220. The van der Waals surface area contributed by atoms with Crippen LogP contribution in [0.1, 0.15) is 53.5 Å². The second-order valence-corrected chi connectivity index (χ2v) is 10.8. The number of aromatic nitrogens is 3. The molecule has 2 aromatic carbocycles. The van der Waals surface area contributed by atoms with Crippen molar-refractivity contribution in [1.82, 2.24) is 15.0 Å². The van der Waals surface area contributed by atoms with Gasteiger partial charge in [-0.1, -0.05) is 32.9 Å². The Morgan fingerprint density at radius 3 is 2.49 bits per heavy atom. The summed E-state index contributed by atoms with van der Waals surface area (Å²) in [6.45, 7) is 10.2. The number of ether oxygens (including phenoxy) is 2. The van der Waals surface area contributed by atoms with Crippen molar-refractivity contribution in [3.8, 4) is 11.5 Å². The van der Waals surface area contributed by atoms with E-state index in [-0.39, 0.29) is 11.2 Å². The number of aromatic amines is 1. The number of carbonyl (C=O) groups is 1. The molecule has 2 heterocycles. The molecule has 0 saturated carbocycles. The van der Waals surface area contributed by atoms with E-state index in [0.717, 1.165) is 22.4 Å². The van der Waals surface area contributed by atoms with Crippen LogP contribution < -0.4 is 9.47 Å². The lowest BCUT2D eigenvalue weighted by Crippen LogP contribution is -2.12. The van der Waals surface area contributed by atoms with Gasteiger partial charge in [0.1, 0.15) is 11.5 Å². The number of methoxy groups -OCH3 is 1. The molecule has 1 unspecified atom stereocenters. The zero-order chi connectivity index (χ0) is 25.3. The van der Waals surface area contributed by atoms with Crippen molar-refractivity contribution in [3.63, 3.8) is 0 Å². The second kappa shape index (κ2) is 9.71. The fourth-order valence-electron chi connectivity index (χ4n) is 3.81. The van der Waals surface area contributed by atoms with Crippen LogP contribution in [-0.4, -0.2) is 32.6 Å². The van der Waals surface area contributed by atoms with Crippen molar-refractivity contribution < 1.29 is 18.8 Å². The fraction of sp³-hybridized carbons (Fsp3) is 0.296. The molecule has 182 valence electrons. The first-order chi connectivity index (χ1) is 16.6. The molecule has 4 aromatic rings. The van der Waals surface area contributed by atoms with Gasteiger partial charge >= 0.3 is 11.1 Å². The molecule has 0 saturated heterocycles. The Morgan fingerprint density at radius 2 is 1.83 bits per heavy atom. The molecule has 0 fully saturated rings. The average Bonchev–Trinajstić information content (AvgIpc) is 3.24. The average molecular weight is 492 g/mol. The van der Waals surface area contributed by atoms with Crippen molar-refractivity contribution in [2.75, 3.05) is 7.11 Å². The minimum atomic E-state index is -1.44. The fourth-order valence-corrected chi connectivity index (χ4v) is 4.92. The van der Waals surface area contributed by atoms with Gasteiger partial charge in [0.25, 0.3) is 0 Å². The molecule has 0 spiro atoms. The maximum absolute atomic E-state index is 13.0. The summed E-state index contributed by atoms with van der Waals surface area (Å²) in [6, 6.07) is 12.5. The summed E-state index contributed by atoms with van der Waals surface area (Å²) in [4.78, 5) is 24.6. The summed E-state index contributed by atoms with van der Waals surface area (Å²) >= 11 is -1.44. The summed E-state index contributed by atoms with van der Waals surface area (Å²) in [5.74, 6) is 0.872. The molecule has 1 N–H and O–H groups in total. The number of pyridine rings is 1. The van der Waals surface area contributed by atoms with Gasteiger partial charge in [-0.2, -0.15) is 4.98 Å². The zero-order valence-electron chi connectivity index (χ0n) is 20.8. The van der Waals surface area contributed by atoms with Gasteiger partial charge in [0, 0.05) is 34.6 Å². The van der Waals surface area contributed by atoms with Crippen LogP contribution in [0.25, 0.3) is 11.0 Å². The summed E-state index contributed by atoms with van der Waals surface area (Å²) in [5, 5.41) is 0.335. The Balaban J connectivity index is 1.50. The summed E-state index contributed by atoms with van der Waals surface area (Å²) in [6.07, 6.45) is 1.72. The van der Waals surface area contributed by atoms with E-state index in [1.165, 1.54) is 0 Å². The van der Waals surface area contributed by atoms with Crippen LogP contribution >= 0.6 is 0 Å². The number of rotatable bonds is 6. The Labute approximate surface area is 208 Å². The van der Waals surface area contributed by atoms with Crippen LogP contribution in [0.3, 0.4) is 0 Å². The number of nitrogens with zero attached hydrogens (tertiary/aromatic N) is 2. The molecule has 2 aromatic heterocycles. The standard InChI is InChI=1S/C27H29N3O4S/c1-16-14-28-23(17(2)24(16)33-6)15-35(32)26-29-21-12-11-20(13-22(21)30-26)34-25(31)18-7-9-19(10-8-18)27(3,4)5/h7-14H,15H2,1-6H3,(H,29,30). The van der Waals surface area contributed by atoms with Gasteiger partial charge in [0.05, 0.1) is 29.4 Å². The Bertz CT molecular complexity index is 1370. The first kappa shape index (κ1) is 24.8. The lowest BCUT2D eigenvalue weighted by molar-refractivity contribution is 0.0735. The molecule has 0 bridgehead atoms.